The first-order valence-corrected chi connectivity index (χ1v) is 5.83. The van der Waals surface area contributed by atoms with Gasteiger partial charge in [0.05, 0.1) is 11.4 Å². The molecule has 3 nitrogen and oxygen atoms in total. The van der Waals surface area contributed by atoms with Gasteiger partial charge in [-0.1, -0.05) is 36.4 Å². The maximum atomic E-state index is 5.69. The van der Waals surface area contributed by atoms with E-state index in [0.29, 0.717) is 18.2 Å². The fourth-order valence-corrected chi connectivity index (χ4v) is 1.51. The van der Waals surface area contributed by atoms with E-state index < -0.39 is 0 Å². The molecule has 0 saturated heterocycles. The Kier molecular flexibility index (Phi) is 3.97. The second kappa shape index (κ2) is 5.87. The van der Waals surface area contributed by atoms with Gasteiger partial charge in [0.1, 0.15) is 6.61 Å². The summed E-state index contributed by atoms with van der Waals surface area (Å²) in [5.74, 6) is 0.597. The number of ether oxygens (including phenoxy) is 1. The topological polar surface area (TPSA) is 48.1 Å². The molecule has 18 heavy (non-hydrogen) atoms. The van der Waals surface area contributed by atoms with Crippen molar-refractivity contribution in [3.63, 3.8) is 0 Å². The van der Waals surface area contributed by atoms with Gasteiger partial charge in [-0.15, -0.1) is 0 Å². The summed E-state index contributed by atoms with van der Waals surface area (Å²) in [6, 6.07) is 13.7. The van der Waals surface area contributed by atoms with Crippen LogP contribution in [0, 0.1) is 6.92 Å². The zero-order valence-corrected chi connectivity index (χ0v) is 10.3. The summed E-state index contributed by atoms with van der Waals surface area (Å²) in [5.41, 5.74) is 8.32. The van der Waals surface area contributed by atoms with Gasteiger partial charge in [-0.05, 0) is 24.6 Å². The molecule has 0 aliphatic heterocycles. The maximum Gasteiger partial charge on any atom is 0.213 e. The number of anilines is 1. The molecule has 0 aliphatic rings. The van der Waals surface area contributed by atoms with Gasteiger partial charge in [-0.2, -0.15) is 0 Å². The first kappa shape index (κ1) is 12.2. The molecule has 0 bridgehead atoms. The van der Waals surface area contributed by atoms with Crippen LogP contribution >= 0.6 is 0 Å². The van der Waals surface area contributed by atoms with E-state index in [9.17, 15) is 0 Å². The highest BCUT2D eigenvalue weighted by Gasteiger charge is 1.97. The predicted molar refractivity (Wildman–Crippen MR) is 74.4 cm³/mol. The summed E-state index contributed by atoms with van der Waals surface area (Å²) in [4.78, 5) is 4.24. The molecule has 1 heterocycles. The lowest BCUT2D eigenvalue weighted by Crippen LogP contribution is -1.99. The van der Waals surface area contributed by atoms with E-state index in [1.54, 1.807) is 12.1 Å². The number of hydrogen-bond donors (Lipinski definition) is 1. The summed E-state index contributed by atoms with van der Waals surface area (Å²) in [6.07, 6.45) is 3.98. The van der Waals surface area contributed by atoms with E-state index in [1.807, 2.05) is 49.4 Å². The summed E-state index contributed by atoms with van der Waals surface area (Å²) in [6.45, 7) is 2.35. The molecule has 0 atom stereocenters. The van der Waals surface area contributed by atoms with Crippen molar-refractivity contribution in [2.75, 3.05) is 12.3 Å². The molecule has 0 aliphatic carbocycles. The standard InChI is InChI=1S/C15H16N2O/c1-12-14(16)9-10-15(17-12)18-11-5-8-13-6-3-2-4-7-13/h2-10H,11,16H2,1H3/b8-5+. The number of rotatable bonds is 4. The second-order valence-corrected chi connectivity index (χ2v) is 3.95. The normalized spacial score (nSPS) is 10.7. The van der Waals surface area contributed by atoms with Crippen LogP contribution in [0.2, 0.25) is 0 Å². The summed E-state index contributed by atoms with van der Waals surface area (Å²) in [7, 11) is 0. The Hall–Kier alpha value is -2.29. The van der Waals surface area contributed by atoms with E-state index in [-0.39, 0.29) is 0 Å². The van der Waals surface area contributed by atoms with Crippen LogP contribution in [0.15, 0.2) is 48.5 Å². The Balaban J connectivity index is 1.89. The van der Waals surface area contributed by atoms with Crippen LogP contribution in [-0.4, -0.2) is 11.6 Å². The number of hydrogen-bond acceptors (Lipinski definition) is 3. The average molecular weight is 240 g/mol. The molecule has 1 aromatic carbocycles. The van der Waals surface area contributed by atoms with Crippen LogP contribution in [-0.2, 0) is 0 Å². The molecular weight excluding hydrogens is 224 g/mol. The van der Waals surface area contributed by atoms with Crippen molar-refractivity contribution in [1.29, 1.82) is 0 Å². The van der Waals surface area contributed by atoms with Crippen molar-refractivity contribution in [2.45, 2.75) is 6.92 Å². The quantitative estimate of drug-likeness (QED) is 0.893. The largest absolute Gasteiger partial charge is 0.473 e. The molecule has 0 saturated carbocycles. The fourth-order valence-electron chi connectivity index (χ4n) is 1.51. The lowest BCUT2D eigenvalue weighted by molar-refractivity contribution is 0.348. The maximum absolute atomic E-state index is 5.69. The van der Waals surface area contributed by atoms with Crippen molar-refractivity contribution in [3.8, 4) is 5.88 Å². The first-order valence-electron chi connectivity index (χ1n) is 5.83. The Morgan fingerprint density at radius 3 is 2.67 bits per heavy atom. The molecule has 3 heteroatoms. The lowest BCUT2D eigenvalue weighted by atomic mass is 10.2. The summed E-state index contributed by atoms with van der Waals surface area (Å²) < 4.78 is 5.51. The lowest BCUT2D eigenvalue weighted by Gasteiger charge is -2.04. The number of benzene rings is 1. The molecular formula is C15H16N2O. The minimum Gasteiger partial charge on any atom is -0.473 e. The van der Waals surface area contributed by atoms with E-state index in [1.165, 1.54) is 0 Å². The van der Waals surface area contributed by atoms with Crippen LogP contribution in [0.5, 0.6) is 5.88 Å². The second-order valence-electron chi connectivity index (χ2n) is 3.95. The van der Waals surface area contributed by atoms with Crippen LogP contribution in [0.25, 0.3) is 6.08 Å². The SMILES string of the molecule is Cc1nc(OC/C=C/c2ccccc2)ccc1N. The number of aromatic nitrogens is 1. The fraction of sp³-hybridized carbons (Fsp3) is 0.133. The Morgan fingerprint density at radius 2 is 1.94 bits per heavy atom. The van der Waals surface area contributed by atoms with Gasteiger partial charge < -0.3 is 10.5 Å². The van der Waals surface area contributed by atoms with Crippen LogP contribution in [0.4, 0.5) is 5.69 Å². The number of aryl methyl sites for hydroxylation is 1. The molecule has 2 N–H and O–H groups in total. The predicted octanol–water partition coefficient (Wildman–Crippen LogP) is 3.06. The minimum atomic E-state index is 0.491. The van der Waals surface area contributed by atoms with Gasteiger partial charge in [0.2, 0.25) is 5.88 Å². The molecule has 0 spiro atoms. The molecule has 92 valence electrons. The third kappa shape index (κ3) is 3.35. The van der Waals surface area contributed by atoms with Gasteiger partial charge in [-0.25, -0.2) is 4.98 Å². The zero-order chi connectivity index (χ0) is 12.8. The van der Waals surface area contributed by atoms with E-state index >= 15 is 0 Å². The number of pyridine rings is 1. The van der Waals surface area contributed by atoms with Gasteiger partial charge in [0, 0.05) is 6.07 Å². The third-order valence-electron chi connectivity index (χ3n) is 2.54. The van der Waals surface area contributed by atoms with Crippen molar-refractivity contribution in [1.82, 2.24) is 4.98 Å². The van der Waals surface area contributed by atoms with E-state index in [0.717, 1.165) is 11.3 Å². The third-order valence-corrected chi connectivity index (χ3v) is 2.54. The number of nitrogens with two attached hydrogens (primary N) is 1. The van der Waals surface area contributed by atoms with E-state index in [2.05, 4.69) is 4.98 Å². The molecule has 0 fully saturated rings. The van der Waals surface area contributed by atoms with E-state index in [4.69, 9.17) is 10.5 Å². The number of nitrogen functional groups attached to an aromatic ring is 1. The molecule has 0 unspecified atom stereocenters. The molecule has 2 rings (SSSR count). The molecule has 1 aromatic heterocycles. The summed E-state index contributed by atoms with van der Waals surface area (Å²) in [5, 5.41) is 0. The van der Waals surface area contributed by atoms with Crippen LogP contribution in [0.1, 0.15) is 11.3 Å². The highest BCUT2D eigenvalue weighted by Crippen LogP contribution is 2.13. The molecule has 2 aromatic rings. The monoisotopic (exact) mass is 240 g/mol. The first-order chi connectivity index (χ1) is 8.75. The Labute approximate surface area is 107 Å². The molecule has 0 radical (unpaired) electrons. The van der Waals surface area contributed by atoms with Crippen molar-refractivity contribution in [2.24, 2.45) is 0 Å². The van der Waals surface area contributed by atoms with Crippen molar-refractivity contribution < 1.29 is 4.74 Å². The Bertz CT molecular complexity index is 535. The highest BCUT2D eigenvalue weighted by molar-refractivity contribution is 5.48. The van der Waals surface area contributed by atoms with Crippen LogP contribution < -0.4 is 10.5 Å². The van der Waals surface area contributed by atoms with Gasteiger partial charge in [-0.3, -0.25) is 0 Å². The van der Waals surface area contributed by atoms with Gasteiger partial charge in [0.15, 0.2) is 0 Å². The molecule has 0 amide bonds. The van der Waals surface area contributed by atoms with Gasteiger partial charge >= 0.3 is 0 Å². The van der Waals surface area contributed by atoms with Crippen molar-refractivity contribution >= 4 is 11.8 Å². The summed E-state index contributed by atoms with van der Waals surface area (Å²) >= 11 is 0. The average Bonchev–Trinajstić information content (AvgIpc) is 2.40. The minimum absolute atomic E-state index is 0.491. The zero-order valence-electron chi connectivity index (χ0n) is 10.3. The highest BCUT2D eigenvalue weighted by atomic mass is 16.5. The van der Waals surface area contributed by atoms with Crippen LogP contribution in [0.3, 0.4) is 0 Å². The van der Waals surface area contributed by atoms with Gasteiger partial charge in [0.25, 0.3) is 0 Å². The van der Waals surface area contributed by atoms with Crippen molar-refractivity contribution in [3.05, 3.63) is 59.8 Å². The Morgan fingerprint density at radius 1 is 1.17 bits per heavy atom. The number of nitrogens with zero attached hydrogens (tertiary/aromatic N) is 1. The smallest absolute Gasteiger partial charge is 0.213 e.